The molecule has 1 heterocycles. The van der Waals surface area contributed by atoms with E-state index in [4.69, 9.17) is 4.42 Å². The molecule has 0 aliphatic rings. The highest BCUT2D eigenvalue weighted by Gasteiger charge is 2.21. The van der Waals surface area contributed by atoms with E-state index in [1.807, 2.05) is 0 Å². The van der Waals surface area contributed by atoms with Crippen molar-refractivity contribution < 1.29 is 4.42 Å². The zero-order valence-electron chi connectivity index (χ0n) is 25.3. The molecule has 216 valence electrons. The lowest BCUT2D eigenvalue weighted by Gasteiger charge is -2.19. The van der Waals surface area contributed by atoms with Gasteiger partial charge in [0.15, 0.2) is 0 Å². The van der Waals surface area contributed by atoms with E-state index >= 15 is 0 Å². The van der Waals surface area contributed by atoms with Crippen molar-refractivity contribution in [3.63, 3.8) is 0 Å². The van der Waals surface area contributed by atoms with Crippen LogP contribution in [0.1, 0.15) is 11.1 Å². The molecule has 0 unspecified atom stereocenters. The van der Waals surface area contributed by atoms with Gasteiger partial charge in [-0.05, 0) is 73.0 Å². The van der Waals surface area contributed by atoms with Gasteiger partial charge in [-0.25, -0.2) is 0 Å². The van der Waals surface area contributed by atoms with Crippen LogP contribution < -0.4 is 0 Å². The number of para-hydroxylation sites is 1. The van der Waals surface area contributed by atoms with Gasteiger partial charge in [0, 0.05) is 16.3 Å². The molecule has 0 amide bonds. The van der Waals surface area contributed by atoms with Gasteiger partial charge in [-0.15, -0.1) is 0 Å². The molecule has 0 atom stereocenters. The first-order chi connectivity index (χ1) is 22.8. The molecular formula is C45H30O. The number of furan rings is 1. The van der Waals surface area contributed by atoms with Crippen LogP contribution in [0.3, 0.4) is 0 Å². The lowest BCUT2D eigenvalue weighted by Crippen LogP contribution is -1.97. The molecule has 1 heteroatoms. The summed E-state index contributed by atoms with van der Waals surface area (Å²) in [6.07, 6.45) is 0.839. The summed E-state index contributed by atoms with van der Waals surface area (Å²) < 4.78 is 6.68. The second kappa shape index (κ2) is 10.9. The van der Waals surface area contributed by atoms with Crippen molar-refractivity contribution in [3.8, 4) is 33.4 Å². The van der Waals surface area contributed by atoms with Gasteiger partial charge in [-0.1, -0.05) is 164 Å². The fourth-order valence-electron chi connectivity index (χ4n) is 7.36. The van der Waals surface area contributed by atoms with Crippen LogP contribution in [0, 0.1) is 0 Å². The van der Waals surface area contributed by atoms with Crippen molar-refractivity contribution in [1.82, 2.24) is 0 Å². The Morgan fingerprint density at radius 3 is 1.57 bits per heavy atom. The smallest absolute Gasteiger partial charge is 0.143 e. The fourth-order valence-corrected chi connectivity index (χ4v) is 7.36. The molecule has 8 aromatic carbocycles. The molecule has 0 saturated heterocycles. The molecule has 0 bridgehead atoms. The van der Waals surface area contributed by atoms with Gasteiger partial charge < -0.3 is 4.42 Å². The first-order valence-corrected chi connectivity index (χ1v) is 15.9. The molecule has 9 aromatic rings. The topological polar surface area (TPSA) is 13.1 Å². The van der Waals surface area contributed by atoms with E-state index in [-0.39, 0.29) is 0 Å². The Kier molecular flexibility index (Phi) is 6.28. The van der Waals surface area contributed by atoms with Crippen LogP contribution in [-0.2, 0) is 6.42 Å². The van der Waals surface area contributed by atoms with E-state index < -0.39 is 0 Å². The second-order valence-corrected chi connectivity index (χ2v) is 12.0. The number of hydrogen-bond donors (Lipinski definition) is 0. The van der Waals surface area contributed by atoms with Crippen LogP contribution in [0.4, 0.5) is 0 Å². The maximum absolute atomic E-state index is 6.68. The van der Waals surface area contributed by atoms with Crippen molar-refractivity contribution in [1.29, 1.82) is 0 Å². The van der Waals surface area contributed by atoms with Gasteiger partial charge in [-0.2, -0.15) is 0 Å². The van der Waals surface area contributed by atoms with Crippen LogP contribution in [0.15, 0.2) is 174 Å². The van der Waals surface area contributed by atoms with Crippen molar-refractivity contribution >= 4 is 43.5 Å². The Bertz CT molecular complexity index is 2480. The van der Waals surface area contributed by atoms with Crippen molar-refractivity contribution in [2.45, 2.75) is 6.42 Å². The summed E-state index contributed by atoms with van der Waals surface area (Å²) in [7, 11) is 0. The minimum absolute atomic E-state index is 0.839. The summed E-state index contributed by atoms with van der Waals surface area (Å²) in [6.45, 7) is 0. The van der Waals surface area contributed by atoms with Gasteiger partial charge in [0.25, 0.3) is 0 Å². The van der Waals surface area contributed by atoms with Gasteiger partial charge in [0.05, 0.1) is 0 Å². The third kappa shape index (κ3) is 4.24. The van der Waals surface area contributed by atoms with Crippen LogP contribution in [0.5, 0.6) is 0 Å². The highest BCUT2D eigenvalue weighted by molar-refractivity contribution is 6.23. The van der Waals surface area contributed by atoms with E-state index in [1.165, 1.54) is 54.9 Å². The van der Waals surface area contributed by atoms with Crippen LogP contribution in [0.25, 0.3) is 76.9 Å². The highest BCUT2D eigenvalue weighted by Crippen LogP contribution is 2.46. The molecule has 0 fully saturated rings. The molecule has 1 nitrogen and oxygen atoms in total. The van der Waals surface area contributed by atoms with E-state index in [0.29, 0.717) is 0 Å². The summed E-state index contributed by atoms with van der Waals surface area (Å²) in [4.78, 5) is 0. The SMILES string of the molecule is c1ccc(-c2ccccc2Cc2c3ccccc3c(-c3cccc4oc5c(-c6ccccc6)cccc5c34)c3ccccc23)cc1. The average molecular weight is 587 g/mol. The third-order valence-corrected chi connectivity index (χ3v) is 9.39. The third-order valence-electron chi connectivity index (χ3n) is 9.39. The molecule has 0 saturated carbocycles. The molecule has 0 N–H and O–H groups in total. The molecule has 46 heavy (non-hydrogen) atoms. The maximum atomic E-state index is 6.68. The van der Waals surface area contributed by atoms with Crippen LogP contribution in [-0.4, -0.2) is 0 Å². The maximum Gasteiger partial charge on any atom is 0.143 e. The van der Waals surface area contributed by atoms with E-state index in [0.717, 1.165) is 39.5 Å². The summed E-state index contributed by atoms with van der Waals surface area (Å²) in [5, 5.41) is 7.39. The number of benzene rings is 8. The predicted octanol–water partition coefficient (Wildman–Crippen LogP) is 12.5. The quantitative estimate of drug-likeness (QED) is 0.183. The molecule has 9 rings (SSSR count). The fraction of sp³-hybridized carbons (Fsp3) is 0.0222. The van der Waals surface area contributed by atoms with Gasteiger partial charge in [0.1, 0.15) is 11.2 Å². The summed E-state index contributed by atoms with van der Waals surface area (Å²) in [5.74, 6) is 0. The van der Waals surface area contributed by atoms with Crippen LogP contribution >= 0.6 is 0 Å². The lowest BCUT2D eigenvalue weighted by molar-refractivity contribution is 0.670. The van der Waals surface area contributed by atoms with Crippen molar-refractivity contribution in [2.24, 2.45) is 0 Å². The first-order valence-electron chi connectivity index (χ1n) is 15.9. The zero-order chi connectivity index (χ0) is 30.5. The Morgan fingerprint density at radius 1 is 0.370 bits per heavy atom. The number of fused-ring (bicyclic) bond motifs is 5. The summed E-state index contributed by atoms with van der Waals surface area (Å²) >= 11 is 0. The molecule has 0 radical (unpaired) electrons. The van der Waals surface area contributed by atoms with Crippen LogP contribution in [0.2, 0.25) is 0 Å². The standard InChI is InChI=1S/C45H30O/c1-3-15-30(16-4-1)33-20-8-7-19-32(33)29-41-35-21-9-11-23-37(35)43(38-24-12-10-22-36(38)41)39-26-14-28-42-44(39)40-27-13-25-34(45(40)46-42)31-17-5-2-6-18-31/h1-28H,29H2. The normalized spacial score (nSPS) is 11.6. The zero-order valence-corrected chi connectivity index (χ0v) is 25.3. The Balaban J connectivity index is 1.32. The second-order valence-electron chi connectivity index (χ2n) is 12.0. The Labute approximate surface area is 268 Å². The molecular weight excluding hydrogens is 556 g/mol. The molecule has 1 aromatic heterocycles. The predicted molar refractivity (Wildman–Crippen MR) is 194 cm³/mol. The van der Waals surface area contributed by atoms with Gasteiger partial charge >= 0.3 is 0 Å². The van der Waals surface area contributed by atoms with E-state index in [2.05, 4.69) is 170 Å². The Hall–Kier alpha value is -5.92. The Morgan fingerprint density at radius 2 is 0.870 bits per heavy atom. The number of rotatable bonds is 5. The van der Waals surface area contributed by atoms with Gasteiger partial charge in [0.2, 0.25) is 0 Å². The lowest BCUT2D eigenvalue weighted by atomic mass is 9.84. The molecule has 0 aliphatic carbocycles. The monoisotopic (exact) mass is 586 g/mol. The minimum Gasteiger partial charge on any atom is -0.455 e. The van der Waals surface area contributed by atoms with Crippen molar-refractivity contribution in [3.05, 3.63) is 181 Å². The number of hydrogen-bond acceptors (Lipinski definition) is 1. The van der Waals surface area contributed by atoms with E-state index in [9.17, 15) is 0 Å². The molecule has 0 aliphatic heterocycles. The van der Waals surface area contributed by atoms with Gasteiger partial charge in [-0.3, -0.25) is 0 Å². The minimum atomic E-state index is 0.839. The molecule has 0 spiro atoms. The first kappa shape index (κ1) is 26.5. The average Bonchev–Trinajstić information content (AvgIpc) is 3.52. The van der Waals surface area contributed by atoms with E-state index in [1.54, 1.807) is 0 Å². The highest BCUT2D eigenvalue weighted by atomic mass is 16.3. The summed E-state index contributed by atoms with van der Waals surface area (Å²) in [5.41, 5.74) is 11.8. The van der Waals surface area contributed by atoms with Crippen molar-refractivity contribution in [2.75, 3.05) is 0 Å². The summed E-state index contributed by atoms with van der Waals surface area (Å²) in [6, 6.07) is 61.0. The largest absolute Gasteiger partial charge is 0.455 e.